The second-order valence-corrected chi connectivity index (χ2v) is 4.69. The summed E-state index contributed by atoms with van der Waals surface area (Å²) in [6, 6.07) is 2.10. The van der Waals surface area contributed by atoms with E-state index in [0.29, 0.717) is 0 Å². The van der Waals surface area contributed by atoms with Gasteiger partial charge in [0.05, 0.1) is 5.60 Å². The zero-order valence-corrected chi connectivity index (χ0v) is 8.61. The molecule has 13 heavy (non-hydrogen) atoms. The zero-order valence-electron chi connectivity index (χ0n) is 7.79. The lowest BCUT2D eigenvalue weighted by atomic mass is 9.94. The Bertz CT molecular complexity index is 346. The highest BCUT2D eigenvalue weighted by atomic mass is 32.1. The number of hydrogen-bond acceptors (Lipinski definition) is 3. The summed E-state index contributed by atoms with van der Waals surface area (Å²) < 4.78 is 0. The Labute approximate surface area is 81.9 Å². The van der Waals surface area contributed by atoms with E-state index in [2.05, 4.69) is 16.8 Å². The fraction of sp³-hybridized carbons (Fsp3) is 0.400. The summed E-state index contributed by atoms with van der Waals surface area (Å²) in [6.45, 7) is 4.50. The van der Waals surface area contributed by atoms with E-state index in [4.69, 9.17) is 0 Å². The van der Waals surface area contributed by atoms with Crippen molar-refractivity contribution >= 4 is 16.9 Å². The second-order valence-electron chi connectivity index (χ2n) is 3.77. The Morgan fingerprint density at radius 1 is 1.54 bits per heavy atom. The zero-order chi connectivity index (χ0) is 9.47. The molecule has 1 aromatic heterocycles. The highest BCUT2D eigenvalue weighted by Gasteiger charge is 2.25. The van der Waals surface area contributed by atoms with Crippen LogP contribution >= 0.6 is 11.3 Å². The standard InChI is InChI=1S/C10H13NOS/c1-10(2,12)8-6-11-5-7-3-4-13-9(7)8/h3-4,6,11-12H,5H2,1-2H3. The molecule has 0 bridgehead atoms. The third kappa shape index (κ3) is 1.49. The minimum atomic E-state index is -0.757. The van der Waals surface area contributed by atoms with Gasteiger partial charge in [0.2, 0.25) is 0 Å². The van der Waals surface area contributed by atoms with Crippen LogP contribution in [0.4, 0.5) is 0 Å². The van der Waals surface area contributed by atoms with Crippen LogP contribution in [-0.4, -0.2) is 10.7 Å². The van der Waals surface area contributed by atoms with E-state index in [1.807, 2.05) is 20.0 Å². The molecule has 0 spiro atoms. The first-order valence-corrected chi connectivity index (χ1v) is 5.20. The number of thiophene rings is 1. The van der Waals surface area contributed by atoms with Crippen molar-refractivity contribution in [3.8, 4) is 0 Å². The van der Waals surface area contributed by atoms with Gasteiger partial charge in [-0.3, -0.25) is 0 Å². The van der Waals surface area contributed by atoms with Gasteiger partial charge in [-0.1, -0.05) is 0 Å². The largest absolute Gasteiger partial charge is 0.386 e. The average molecular weight is 195 g/mol. The molecule has 0 saturated heterocycles. The highest BCUT2D eigenvalue weighted by molar-refractivity contribution is 7.11. The molecule has 0 amide bonds. The van der Waals surface area contributed by atoms with E-state index in [1.54, 1.807) is 11.3 Å². The Morgan fingerprint density at radius 3 is 3.00 bits per heavy atom. The number of rotatable bonds is 1. The normalized spacial score (nSPS) is 16.1. The lowest BCUT2D eigenvalue weighted by Crippen LogP contribution is -2.25. The molecule has 1 aromatic rings. The molecule has 1 aliphatic heterocycles. The third-order valence-electron chi connectivity index (χ3n) is 2.19. The van der Waals surface area contributed by atoms with Crippen molar-refractivity contribution in [2.24, 2.45) is 0 Å². The summed E-state index contributed by atoms with van der Waals surface area (Å²) in [4.78, 5) is 1.21. The first-order chi connectivity index (χ1) is 6.09. The molecule has 2 nitrogen and oxygen atoms in total. The van der Waals surface area contributed by atoms with Crippen LogP contribution in [-0.2, 0) is 6.54 Å². The molecule has 0 unspecified atom stereocenters. The maximum absolute atomic E-state index is 9.91. The molecule has 0 atom stereocenters. The Kier molecular flexibility index (Phi) is 1.93. The SMILES string of the molecule is CC(C)(O)C1=CNCc2ccsc21. The number of hydrogen-bond donors (Lipinski definition) is 2. The molecule has 0 aliphatic carbocycles. The van der Waals surface area contributed by atoms with Gasteiger partial charge in [-0.15, -0.1) is 11.3 Å². The van der Waals surface area contributed by atoms with Crippen LogP contribution in [0.3, 0.4) is 0 Å². The number of aliphatic hydroxyl groups is 1. The Morgan fingerprint density at radius 2 is 2.31 bits per heavy atom. The van der Waals surface area contributed by atoms with Crippen molar-refractivity contribution in [2.75, 3.05) is 0 Å². The molecule has 70 valence electrons. The lowest BCUT2D eigenvalue weighted by Gasteiger charge is -2.25. The maximum Gasteiger partial charge on any atom is 0.0868 e. The molecular formula is C10H13NOS. The van der Waals surface area contributed by atoms with Crippen LogP contribution < -0.4 is 5.32 Å². The van der Waals surface area contributed by atoms with E-state index in [1.165, 1.54) is 10.4 Å². The topological polar surface area (TPSA) is 32.3 Å². The molecule has 3 heteroatoms. The molecule has 0 aromatic carbocycles. The van der Waals surface area contributed by atoms with Crippen LogP contribution in [0.15, 0.2) is 17.6 Å². The predicted molar refractivity (Wildman–Crippen MR) is 55.4 cm³/mol. The molecule has 1 aliphatic rings. The van der Waals surface area contributed by atoms with Crippen molar-refractivity contribution in [1.29, 1.82) is 0 Å². The van der Waals surface area contributed by atoms with E-state index in [-0.39, 0.29) is 0 Å². The molecule has 2 N–H and O–H groups in total. The van der Waals surface area contributed by atoms with Gasteiger partial charge in [0.1, 0.15) is 0 Å². The maximum atomic E-state index is 9.91. The first kappa shape index (κ1) is 8.78. The Hall–Kier alpha value is -0.800. The first-order valence-electron chi connectivity index (χ1n) is 4.32. The summed E-state index contributed by atoms with van der Waals surface area (Å²) >= 11 is 1.69. The minimum Gasteiger partial charge on any atom is -0.386 e. The van der Waals surface area contributed by atoms with Crippen LogP contribution in [0.1, 0.15) is 24.3 Å². The highest BCUT2D eigenvalue weighted by Crippen LogP contribution is 2.34. The van der Waals surface area contributed by atoms with Gasteiger partial charge in [-0.05, 0) is 30.9 Å². The van der Waals surface area contributed by atoms with Crippen molar-refractivity contribution in [3.63, 3.8) is 0 Å². The van der Waals surface area contributed by atoms with Crippen molar-refractivity contribution in [1.82, 2.24) is 5.32 Å². The molecular weight excluding hydrogens is 182 g/mol. The van der Waals surface area contributed by atoms with Gasteiger partial charge in [-0.2, -0.15) is 0 Å². The van der Waals surface area contributed by atoms with Gasteiger partial charge in [0.15, 0.2) is 0 Å². The van der Waals surface area contributed by atoms with Crippen LogP contribution in [0.5, 0.6) is 0 Å². The average Bonchev–Trinajstić information content (AvgIpc) is 2.48. The van der Waals surface area contributed by atoms with E-state index in [9.17, 15) is 5.11 Å². The molecule has 0 radical (unpaired) electrons. The fourth-order valence-electron chi connectivity index (χ4n) is 1.49. The van der Waals surface area contributed by atoms with Crippen LogP contribution in [0, 0.1) is 0 Å². The monoisotopic (exact) mass is 195 g/mol. The van der Waals surface area contributed by atoms with Crippen molar-refractivity contribution in [2.45, 2.75) is 26.0 Å². The molecule has 2 heterocycles. The van der Waals surface area contributed by atoms with Crippen LogP contribution in [0.2, 0.25) is 0 Å². The number of nitrogens with one attached hydrogen (secondary N) is 1. The van der Waals surface area contributed by atoms with Gasteiger partial charge in [0, 0.05) is 23.2 Å². The van der Waals surface area contributed by atoms with Gasteiger partial charge in [0.25, 0.3) is 0 Å². The van der Waals surface area contributed by atoms with Crippen LogP contribution in [0.25, 0.3) is 5.57 Å². The summed E-state index contributed by atoms with van der Waals surface area (Å²) in [5.74, 6) is 0. The number of fused-ring (bicyclic) bond motifs is 1. The lowest BCUT2D eigenvalue weighted by molar-refractivity contribution is 0.143. The minimum absolute atomic E-state index is 0.757. The Balaban J connectivity index is 2.47. The third-order valence-corrected chi connectivity index (χ3v) is 3.18. The fourth-order valence-corrected chi connectivity index (χ4v) is 2.59. The molecule has 0 saturated carbocycles. The second kappa shape index (κ2) is 2.86. The molecule has 2 rings (SSSR count). The van der Waals surface area contributed by atoms with Gasteiger partial charge in [-0.25, -0.2) is 0 Å². The predicted octanol–water partition coefficient (Wildman–Crippen LogP) is 1.96. The summed E-state index contributed by atoms with van der Waals surface area (Å²) in [5, 5.41) is 15.1. The molecule has 0 fully saturated rings. The van der Waals surface area contributed by atoms with E-state index in [0.717, 1.165) is 12.1 Å². The van der Waals surface area contributed by atoms with Crippen molar-refractivity contribution in [3.05, 3.63) is 28.1 Å². The van der Waals surface area contributed by atoms with E-state index < -0.39 is 5.60 Å². The van der Waals surface area contributed by atoms with E-state index >= 15 is 0 Å². The summed E-state index contributed by atoms with van der Waals surface area (Å²) in [5.41, 5.74) is 1.51. The smallest absolute Gasteiger partial charge is 0.0868 e. The van der Waals surface area contributed by atoms with Gasteiger partial charge >= 0.3 is 0 Å². The van der Waals surface area contributed by atoms with Gasteiger partial charge < -0.3 is 10.4 Å². The summed E-state index contributed by atoms with van der Waals surface area (Å²) in [7, 11) is 0. The quantitative estimate of drug-likeness (QED) is 0.718. The summed E-state index contributed by atoms with van der Waals surface area (Å²) in [6.07, 6.45) is 1.92. The van der Waals surface area contributed by atoms with Crippen molar-refractivity contribution < 1.29 is 5.11 Å².